The smallest absolute Gasteiger partial charge is 0.358 e. The lowest BCUT2D eigenvalue weighted by Crippen LogP contribution is -2.26. The molecule has 0 bridgehead atoms. The number of esters is 1. The topological polar surface area (TPSA) is 92.9 Å². The van der Waals surface area contributed by atoms with Crippen LogP contribution < -0.4 is 4.90 Å². The second kappa shape index (κ2) is 7.96. The van der Waals surface area contributed by atoms with Gasteiger partial charge in [-0.1, -0.05) is 18.2 Å². The highest BCUT2D eigenvalue weighted by Gasteiger charge is 2.21. The molecular formula is C18H18N2O5. The fourth-order valence-corrected chi connectivity index (χ4v) is 2.24. The zero-order chi connectivity index (χ0) is 18.4. The Morgan fingerprint density at radius 1 is 1.16 bits per heavy atom. The van der Waals surface area contributed by atoms with Gasteiger partial charge in [-0.15, -0.1) is 0 Å². The summed E-state index contributed by atoms with van der Waals surface area (Å²) in [5.41, 5.74) is 1.31. The summed E-state index contributed by atoms with van der Waals surface area (Å²) in [5.74, 6) is -0.857. The van der Waals surface area contributed by atoms with E-state index in [0.29, 0.717) is 5.56 Å². The number of nitro benzene ring substituents is 1. The standard InChI is InChI=1S/C18H18N2O5/c1-13(21)17(19(2)15-6-4-3-5-7-15)18(22)25-12-14-8-10-16(11-9-14)20(23)24/h3-11,21H,12H2,1-2H3. The van der Waals surface area contributed by atoms with Gasteiger partial charge in [-0.25, -0.2) is 4.79 Å². The number of rotatable bonds is 6. The summed E-state index contributed by atoms with van der Waals surface area (Å²) in [6, 6.07) is 14.8. The second-order valence-corrected chi connectivity index (χ2v) is 5.33. The molecule has 7 nitrogen and oxygen atoms in total. The van der Waals surface area contributed by atoms with Crippen molar-refractivity contribution in [1.82, 2.24) is 0 Å². The lowest BCUT2D eigenvalue weighted by Gasteiger charge is -2.22. The lowest BCUT2D eigenvalue weighted by atomic mass is 10.2. The second-order valence-electron chi connectivity index (χ2n) is 5.33. The van der Waals surface area contributed by atoms with Crippen molar-refractivity contribution in [3.63, 3.8) is 0 Å². The number of hydrogen-bond acceptors (Lipinski definition) is 6. The summed E-state index contributed by atoms with van der Waals surface area (Å²) in [6.07, 6.45) is 0. The van der Waals surface area contributed by atoms with Crippen LogP contribution in [0.4, 0.5) is 11.4 Å². The van der Waals surface area contributed by atoms with Gasteiger partial charge in [0.05, 0.1) is 4.92 Å². The first kappa shape index (κ1) is 18.0. The molecule has 0 aliphatic heterocycles. The van der Waals surface area contributed by atoms with E-state index in [-0.39, 0.29) is 23.8 Å². The molecule has 2 aromatic rings. The third kappa shape index (κ3) is 4.57. The zero-order valence-corrected chi connectivity index (χ0v) is 13.9. The number of likely N-dealkylation sites (N-methyl/N-ethyl adjacent to an activating group) is 1. The molecule has 2 rings (SSSR count). The van der Waals surface area contributed by atoms with E-state index in [1.54, 1.807) is 19.2 Å². The van der Waals surface area contributed by atoms with Crippen LogP contribution in [-0.2, 0) is 16.1 Å². The maximum absolute atomic E-state index is 12.4. The predicted octanol–water partition coefficient (Wildman–Crippen LogP) is 3.56. The van der Waals surface area contributed by atoms with Crippen molar-refractivity contribution in [2.24, 2.45) is 0 Å². The third-order valence-corrected chi connectivity index (χ3v) is 3.53. The first-order chi connectivity index (χ1) is 11.9. The van der Waals surface area contributed by atoms with Gasteiger partial charge in [-0.2, -0.15) is 0 Å². The summed E-state index contributed by atoms with van der Waals surface area (Å²) >= 11 is 0. The van der Waals surface area contributed by atoms with Gasteiger partial charge in [-0.05, 0) is 36.8 Å². The van der Waals surface area contributed by atoms with Gasteiger partial charge >= 0.3 is 5.97 Å². The van der Waals surface area contributed by atoms with Gasteiger partial charge in [0.25, 0.3) is 5.69 Å². The van der Waals surface area contributed by atoms with Gasteiger partial charge in [0.2, 0.25) is 0 Å². The van der Waals surface area contributed by atoms with Gasteiger partial charge in [0.15, 0.2) is 5.70 Å². The molecule has 0 spiro atoms. The SMILES string of the molecule is CC(O)=C(C(=O)OCc1ccc([N+](=O)[O-])cc1)N(C)c1ccccc1. The van der Waals surface area contributed by atoms with Crippen molar-refractivity contribution in [1.29, 1.82) is 0 Å². The van der Waals surface area contributed by atoms with Crippen molar-refractivity contribution in [3.8, 4) is 0 Å². The Bertz CT molecular complexity index is 781. The van der Waals surface area contributed by atoms with E-state index < -0.39 is 10.9 Å². The minimum Gasteiger partial charge on any atom is -0.510 e. The molecule has 7 heteroatoms. The van der Waals surface area contributed by atoms with E-state index in [4.69, 9.17) is 4.74 Å². The van der Waals surface area contributed by atoms with E-state index in [1.165, 1.54) is 36.1 Å². The van der Waals surface area contributed by atoms with Crippen molar-refractivity contribution < 1.29 is 19.6 Å². The Hall–Kier alpha value is -3.35. The highest BCUT2D eigenvalue weighted by Crippen LogP contribution is 2.20. The van der Waals surface area contributed by atoms with Gasteiger partial charge in [-0.3, -0.25) is 10.1 Å². The maximum Gasteiger partial charge on any atom is 0.358 e. The molecule has 0 aliphatic carbocycles. The van der Waals surface area contributed by atoms with Crippen LogP contribution in [0.5, 0.6) is 0 Å². The van der Waals surface area contributed by atoms with E-state index >= 15 is 0 Å². The Kier molecular flexibility index (Phi) is 5.73. The summed E-state index contributed by atoms with van der Waals surface area (Å²) < 4.78 is 5.23. The van der Waals surface area contributed by atoms with Gasteiger partial charge < -0.3 is 14.7 Å². The summed E-state index contributed by atoms with van der Waals surface area (Å²) in [7, 11) is 1.65. The largest absolute Gasteiger partial charge is 0.510 e. The predicted molar refractivity (Wildman–Crippen MR) is 93.1 cm³/mol. The average Bonchev–Trinajstić information content (AvgIpc) is 2.60. The van der Waals surface area contributed by atoms with E-state index in [0.717, 1.165) is 5.69 Å². The number of aliphatic hydroxyl groups excluding tert-OH is 1. The van der Waals surface area contributed by atoms with Crippen molar-refractivity contribution in [2.45, 2.75) is 13.5 Å². The van der Waals surface area contributed by atoms with Crippen LogP contribution >= 0.6 is 0 Å². The fraction of sp³-hybridized carbons (Fsp3) is 0.167. The molecule has 0 unspecified atom stereocenters. The minimum atomic E-state index is -0.690. The Balaban J connectivity index is 2.09. The van der Waals surface area contributed by atoms with Crippen LogP contribution in [0.1, 0.15) is 12.5 Å². The molecule has 0 aromatic heterocycles. The highest BCUT2D eigenvalue weighted by molar-refractivity contribution is 5.93. The molecular weight excluding hydrogens is 324 g/mol. The summed E-state index contributed by atoms with van der Waals surface area (Å²) in [5, 5.41) is 20.5. The number of benzene rings is 2. The molecule has 0 amide bonds. The van der Waals surface area contributed by atoms with E-state index in [9.17, 15) is 20.0 Å². The van der Waals surface area contributed by atoms with Crippen LogP contribution in [0.15, 0.2) is 66.1 Å². The number of aliphatic hydroxyl groups is 1. The number of para-hydroxylation sites is 1. The number of allylic oxidation sites excluding steroid dienone is 1. The molecule has 0 aliphatic rings. The monoisotopic (exact) mass is 342 g/mol. The summed E-state index contributed by atoms with van der Waals surface area (Å²) in [4.78, 5) is 24.0. The Morgan fingerprint density at radius 2 is 1.76 bits per heavy atom. The third-order valence-electron chi connectivity index (χ3n) is 3.53. The first-order valence-electron chi connectivity index (χ1n) is 7.49. The van der Waals surface area contributed by atoms with Crippen LogP contribution in [0.3, 0.4) is 0 Å². The normalized spacial score (nSPS) is 11.4. The molecule has 0 heterocycles. The van der Waals surface area contributed by atoms with E-state index in [2.05, 4.69) is 0 Å². The van der Waals surface area contributed by atoms with Crippen molar-refractivity contribution in [3.05, 3.63) is 81.7 Å². The lowest BCUT2D eigenvalue weighted by molar-refractivity contribution is -0.384. The first-order valence-corrected chi connectivity index (χ1v) is 7.49. The molecule has 0 fully saturated rings. The molecule has 130 valence electrons. The molecule has 0 saturated heterocycles. The summed E-state index contributed by atoms with van der Waals surface area (Å²) in [6.45, 7) is 1.35. The average molecular weight is 342 g/mol. The number of hydrogen-bond donors (Lipinski definition) is 1. The van der Waals surface area contributed by atoms with E-state index in [1.807, 2.05) is 18.2 Å². The molecule has 0 saturated carbocycles. The number of nitrogens with zero attached hydrogens (tertiary/aromatic N) is 2. The molecule has 0 radical (unpaired) electrons. The number of nitro groups is 1. The molecule has 2 aromatic carbocycles. The minimum absolute atomic E-state index is 0.0214. The maximum atomic E-state index is 12.4. The molecule has 1 N–H and O–H groups in total. The number of non-ortho nitro benzene ring substituents is 1. The van der Waals surface area contributed by atoms with Crippen LogP contribution in [0.25, 0.3) is 0 Å². The van der Waals surface area contributed by atoms with Crippen LogP contribution in [0.2, 0.25) is 0 Å². The Morgan fingerprint density at radius 3 is 2.28 bits per heavy atom. The number of carbonyl (C=O) groups excluding carboxylic acids is 1. The molecule has 0 atom stereocenters. The van der Waals surface area contributed by atoms with Crippen LogP contribution in [0, 0.1) is 10.1 Å². The fourth-order valence-electron chi connectivity index (χ4n) is 2.24. The number of ether oxygens (including phenoxy) is 1. The van der Waals surface area contributed by atoms with Gasteiger partial charge in [0.1, 0.15) is 12.4 Å². The van der Waals surface area contributed by atoms with Crippen molar-refractivity contribution >= 4 is 17.3 Å². The van der Waals surface area contributed by atoms with Crippen molar-refractivity contribution in [2.75, 3.05) is 11.9 Å². The quantitative estimate of drug-likeness (QED) is 0.284. The number of carbonyl (C=O) groups is 1. The molecule has 25 heavy (non-hydrogen) atoms. The zero-order valence-electron chi connectivity index (χ0n) is 13.9. The highest BCUT2D eigenvalue weighted by atomic mass is 16.6. The number of anilines is 1. The van der Waals surface area contributed by atoms with Gasteiger partial charge in [0, 0.05) is 24.9 Å². The Labute approximate surface area is 144 Å². The van der Waals surface area contributed by atoms with Crippen LogP contribution in [-0.4, -0.2) is 23.0 Å².